The minimum Gasteiger partial charge on any atom is -0.469 e. The third-order valence-corrected chi connectivity index (χ3v) is 2.68. The third-order valence-electron chi connectivity index (χ3n) is 2.68. The van der Waals surface area contributed by atoms with Crippen LogP contribution >= 0.6 is 0 Å². The van der Waals surface area contributed by atoms with Gasteiger partial charge in [0.15, 0.2) is 0 Å². The second-order valence-electron chi connectivity index (χ2n) is 4.28. The minimum absolute atomic E-state index is 0.204. The normalized spacial score (nSPS) is 10.3. The molecule has 0 amide bonds. The molecule has 0 saturated carbocycles. The maximum absolute atomic E-state index is 11.7. The molecule has 0 aliphatic heterocycles. The van der Waals surface area contributed by atoms with Crippen LogP contribution in [0.4, 0.5) is 0 Å². The summed E-state index contributed by atoms with van der Waals surface area (Å²) in [4.78, 5) is 34.2. The van der Waals surface area contributed by atoms with Crippen LogP contribution in [0, 0.1) is 0 Å². The number of esters is 3. The van der Waals surface area contributed by atoms with Gasteiger partial charge in [-0.05, 0) is 33.2 Å². The number of carbonyl (C=O) groups is 3. The van der Waals surface area contributed by atoms with E-state index in [2.05, 4.69) is 10.1 Å². The third kappa shape index (κ3) is 9.01. The predicted octanol–water partition coefficient (Wildman–Crippen LogP) is 0.804. The van der Waals surface area contributed by atoms with Crippen LogP contribution < -0.4 is 5.32 Å². The molecule has 122 valence electrons. The van der Waals surface area contributed by atoms with Gasteiger partial charge in [-0.3, -0.25) is 10.1 Å². The molecular formula is C14H25NO6. The second-order valence-corrected chi connectivity index (χ2v) is 4.28. The van der Waals surface area contributed by atoms with Gasteiger partial charge in [0.1, 0.15) is 0 Å². The first kappa shape index (κ1) is 19.4. The molecule has 0 atom stereocenters. The van der Waals surface area contributed by atoms with Crippen molar-refractivity contribution < 1.29 is 28.6 Å². The van der Waals surface area contributed by atoms with Gasteiger partial charge in [-0.2, -0.15) is 0 Å². The fourth-order valence-electron chi connectivity index (χ4n) is 1.63. The lowest BCUT2D eigenvalue weighted by Gasteiger charge is -2.15. The van der Waals surface area contributed by atoms with Crippen LogP contribution in [0.1, 0.15) is 39.5 Å². The molecule has 0 aliphatic carbocycles. The predicted molar refractivity (Wildman–Crippen MR) is 75.5 cm³/mol. The summed E-state index contributed by atoms with van der Waals surface area (Å²) >= 11 is 0. The first-order chi connectivity index (χ1) is 10.1. The number of unbranched alkanes of at least 4 members (excludes halogenated alkanes) is 2. The molecule has 0 fully saturated rings. The number of ether oxygens (including phenoxy) is 3. The first-order valence-corrected chi connectivity index (χ1v) is 7.20. The number of nitrogens with one attached hydrogen (secondary N) is 1. The number of hydrogen-bond acceptors (Lipinski definition) is 7. The molecule has 21 heavy (non-hydrogen) atoms. The smallest absolute Gasteiger partial charge is 0.334 e. The summed E-state index contributed by atoms with van der Waals surface area (Å²) in [6.45, 7) is 4.22. The van der Waals surface area contributed by atoms with E-state index < -0.39 is 18.0 Å². The van der Waals surface area contributed by atoms with Gasteiger partial charge in [-0.15, -0.1) is 0 Å². The molecular weight excluding hydrogens is 278 g/mol. The van der Waals surface area contributed by atoms with Gasteiger partial charge in [0.2, 0.25) is 6.04 Å². The maximum atomic E-state index is 11.7. The lowest BCUT2D eigenvalue weighted by molar-refractivity contribution is -0.158. The van der Waals surface area contributed by atoms with E-state index in [4.69, 9.17) is 9.47 Å². The van der Waals surface area contributed by atoms with Crippen molar-refractivity contribution in [3.05, 3.63) is 0 Å². The van der Waals surface area contributed by atoms with Crippen molar-refractivity contribution in [3.8, 4) is 0 Å². The van der Waals surface area contributed by atoms with E-state index in [0.717, 1.165) is 12.8 Å². The van der Waals surface area contributed by atoms with Crippen LogP contribution in [0.5, 0.6) is 0 Å². The Morgan fingerprint density at radius 3 is 2.00 bits per heavy atom. The lowest BCUT2D eigenvalue weighted by atomic mass is 10.2. The molecule has 0 aromatic rings. The van der Waals surface area contributed by atoms with Crippen LogP contribution in [0.25, 0.3) is 0 Å². The van der Waals surface area contributed by atoms with Gasteiger partial charge in [0.05, 0.1) is 20.3 Å². The molecule has 0 aliphatic rings. The monoisotopic (exact) mass is 303 g/mol. The molecule has 0 spiro atoms. The quantitative estimate of drug-likeness (QED) is 0.261. The van der Waals surface area contributed by atoms with E-state index in [-0.39, 0.29) is 19.2 Å². The van der Waals surface area contributed by atoms with Gasteiger partial charge in [-0.1, -0.05) is 6.42 Å². The molecule has 7 heteroatoms. The molecule has 0 rings (SSSR count). The fourth-order valence-corrected chi connectivity index (χ4v) is 1.63. The molecule has 1 N–H and O–H groups in total. The van der Waals surface area contributed by atoms with Crippen LogP contribution in [-0.4, -0.2) is 50.8 Å². The molecule has 0 saturated heterocycles. The van der Waals surface area contributed by atoms with Gasteiger partial charge in [-0.25, -0.2) is 9.59 Å². The Balaban J connectivity index is 4.04. The number of rotatable bonds is 11. The van der Waals surface area contributed by atoms with Gasteiger partial charge in [0.25, 0.3) is 0 Å². The Morgan fingerprint density at radius 2 is 1.52 bits per heavy atom. The average Bonchev–Trinajstić information content (AvgIpc) is 2.46. The fraction of sp³-hybridized carbons (Fsp3) is 0.786. The highest BCUT2D eigenvalue weighted by molar-refractivity contribution is 5.99. The van der Waals surface area contributed by atoms with E-state index in [9.17, 15) is 14.4 Å². The molecule has 0 radical (unpaired) electrons. The van der Waals surface area contributed by atoms with Crippen LogP contribution in [0.15, 0.2) is 0 Å². The minimum atomic E-state index is -1.09. The van der Waals surface area contributed by atoms with E-state index in [1.54, 1.807) is 13.8 Å². The Kier molecular flexibility index (Phi) is 11.2. The van der Waals surface area contributed by atoms with Gasteiger partial charge < -0.3 is 14.2 Å². The lowest BCUT2D eigenvalue weighted by Crippen LogP contribution is -2.45. The number of hydrogen-bond donors (Lipinski definition) is 1. The molecule has 0 aromatic carbocycles. The van der Waals surface area contributed by atoms with E-state index in [1.165, 1.54) is 7.11 Å². The summed E-state index contributed by atoms with van der Waals surface area (Å²) in [5.41, 5.74) is 0. The van der Waals surface area contributed by atoms with E-state index in [1.807, 2.05) is 0 Å². The molecule has 0 heterocycles. The zero-order chi connectivity index (χ0) is 16.1. The molecule has 0 unspecified atom stereocenters. The standard InChI is InChI=1S/C14H25NO6/c1-4-20-13(17)12(14(18)21-5-2)15-10-8-6-7-9-11(16)19-3/h12,15H,4-10H2,1-3H3. The second kappa shape index (κ2) is 12.1. The van der Waals surface area contributed by atoms with Crippen molar-refractivity contribution in [3.63, 3.8) is 0 Å². The van der Waals surface area contributed by atoms with Crippen molar-refractivity contribution in [1.82, 2.24) is 5.32 Å². The van der Waals surface area contributed by atoms with Crippen molar-refractivity contribution in [2.24, 2.45) is 0 Å². The molecule has 0 bridgehead atoms. The van der Waals surface area contributed by atoms with Crippen molar-refractivity contribution in [1.29, 1.82) is 0 Å². The van der Waals surface area contributed by atoms with E-state index in [0.29, 0.717) is 19.4 Å². The maximum Gasteiger partial charge on any atom is 0.334 e. The highest BCUT2D eigenvalue weighted by Gasteiger charge is 2.28. The van der Waals surface area contributed by atoms with Crippen LogP contribution in [-0.2, 0) is 28.6 Å². The zero-order valence-electron chi connectivity index (χ0n) is 13.0. The topological polar surface area (TPSA) is 90.9 Å². The highest BCUT2D eigenvalue weighted by Crippen LogP contribution is 2.01. The molecule has 0 aromatic heterocycles. The van der Waals surface area contributed by atoms with Crippen molar-refractivity contribution in [2.45, 2.75) is 45.6 Å². The van der Waals surface area contributed by atoms with Gasteiger partial charge >= 0.3 is 17.9 Å². The summed E-state index contributed by atoms with van der Waals surface area (Å²) in [5, 5.41) is 2.83. The summed E-state index contributed by atoms with van der Waals surface area (Å²) in [5.74, 6) is -1.50. The largest absolute Gasteiger partial charge is 0.469 e. The zero-order valence-corrected chi connectivity index (χ0v) is 13.0. The Morgan fingerprint density at radius 1 is 0.952 bits per heavy atom. The van der Waals surface area contributed by atoms with Crippen molar-refractivity contribution in [2.75, 3.05) is 26.9 Å². The average molecular weight is 303 g/mol. The van der Waals surface area contributed by atoms with Gasteiger partial charge in [0, 0.05) is 6.42 Å². The number of methoxy groups -OCH3 is 1. The molecule has 7 nitrogen and oxygen atoms in total. The summed E-state index contributed by atoms with van der Waals surface area (Å²) < 4.78 is 14.2. The summed E-state index contributed by atoms with van der Waals surface area (Å²) in [6.07, 6.45) is 2.60. The SMILES string of the molecule is CCOC(=O)C(NCCCCCC(=O)OC)C(=O)OCC. The Bertz CT molecular complexity index is 313. The van der Waals surface area contributed by atoms with Crippen LogP contribution in [0.3, 0.4) is 0 Å². The van der Waals surface area contributed by atoms with E-state index >= 15 is 0 Å². The Labute approximate surface area is 125 Å². The summed E-state index contributed by atoms with van der Waals surface area (Å²) in [7, 11) is 1.35. The number of carbonyl (C=O) groups excluding carboxylic acids is 3. The van der Waals surface area contributed by atoms with Crippen LogP contribution in [0.2, 0.25) is 0 Å². The first-order valence-electron chi connectivity index (χ1n) is 7.20. The highest BCUT2D eigenvalue weighted by atomic mass is 16.6. The van der Waals surface area contributed by atoms with Crippen molar-refractivity contribution >= 4 is 17.9 Å². The Hall–Kier alpha value is -1.63. The summed E-state index contributed by atoms with van der Waals surface area (Å²) in [6, 6.07) is -1.09.